The van der Waals surface area contributed by atoms with Crippen molar-refractivity contribution in [2.24, 2.45) is 22.2 Å². The number of hydrogen-bond donors (Lipinski definition) is 5. The van der Waals surface area contributed by atoms with Gasteiger partial charge in [0.15, 0.2) is 9.84 Å². The Balaban J connectivity index is 1.61. The number of halogens is 3. The second kappa shape index (κ2) is 14.6. The third-order valence-electron chi connectivity index (χ3n) is 12.3. The summed E-state index contributed by atoms with van der Waals surface area (Å²) in [6, 6.07) is -3.78. The SMILES string of the molecule is C=CCNC(=O)C(=O)C(CCC(F)(F)F)NC(=O)C1(NC(=O)[C@@H](NC(=O)NC2(C3CCCS3(=O)=O)CCCCC2)C(C)(C)C)CC12C(CC)C2(C)C. The lowest BCUT2D eigenvalue weighted by atomic mass is 9.78. The quantitative estimate of drug-likeness (QED) is 0.131. The van der Waals surface area contributed by atoms with Crippen LogP contribution in [0.2, 0.25) is 0 Å². The Morgan fingerprint density at radius 1 is 0.962 bits per heavy atom. The van der Waals surface area contributed by atoms with Gasteiger partial charge in [0.1, 0.15) is 11.6 Å². The molecule has 52 heavy (non-hydrogen) atoms. The Kier molecular flexibility index (Phi) is 11.7. The second-order valence-corrected chi connectivity index (χ2v) is 19.2. The zero-order valence-corrected chi connectivity index (χ0v) is 32.0. The van der Waals surface area contributed by atoms with E-state index >= 15 is 0 Å². The van der Waals surface area contributed by atoms with Crippen LogP contribution in [0.5, 0.6) is 0 Å². The van der Waals surface area contributed by atoms with E-state index in [0.29, 0.717) is 32.1 Å². The molecular formula is C36H56F3N5O7S. The summed E-state index contributed by atoms with van der Waals surface area (Å²) >= 11 is 0. The van der Waals surface area contributed by atoms with Crippen LogP contribution in [0.25, 0.3) is 0 Å². The topological polar surface area (TPSA) is 180 Å². The summed E-state index contributed by atoms with van der Waals surface area (Å²) in [4.78, 5) is 68.0. The highest BCUT2D eigenvalue weighted by molar-refractivity contribution is 7.92. The number of carbonyl (C=O) groups excluding carboxylic acids is 5. The maximum absolute atomic E-state index is 14.3. The van der Waals surface area contributed by atoms with Crippen molar-refractivity contribution in [2.45, 2.75) is 147 Å². The van der Waals surface area contributed by atoms with Crippen molar-refractivity contribution in [3.63, 3.8) is 0 Å². The number of ketones is 1. The summed E-state index contributed by atoms with van der Waals surface area (Å²) in [6.45, 7) is 14.3. The molecule has 6 atom stereocenters. The molecule has 3 saturated carbocycles. The maximum Gasteiger partial charge on any atom is 0.389 e. The predicted octanol–water partition coefficient (Wildman–Crippen LogP) is 3.99. The van der Waals surface area contributed by atoms with Gasteiger partial charge in [-0.2, -0.15) is 13.2 Å². The number of amides is 5. The minimum atomic E-state index is -4.68. The molecule has 1 spiro atoms. The molecule has 4 rings (SSSR count). The largest absolute Gasteiger partial charge is 0.389 e. The molecule has 1 saturated heterocycles. The van der Waals surface area contributed by atoms with Crippen LogP contribution in [0, 0.1) is 22.2 Å². The lowest BCUT2D eigenvalue weighted by molar-refractivity contribution is -0.146. The molecule has 1 heterocycles. The first kappa shape index (κ1) is 41.6. The summed E-state index contributed by atoms with van der Waals surface area (Å²) in [7, 11) is -3.44. The Morgan fingerprint density at radius 2 is 1.60 bits per heavy atom. The van der Waals surface area contributed by atoms with Gasteiger partial charge in [0, 0.05) is 18.4 Å². The van der Waals surface area contributed by atoms with Gasteiger partial charge in [-0.1, -0.05) is 73.3 Å². The maximum atomic E-state index is 14.3. The molecule has 0 aromatic rings. The number of urea groups is 1. The molecule has 294 valence electrons. The molecule has 4 aliphatic rings. The molecule has 0 bridgehead atoms. The Bertz CT molecular complexity index is 1550. The van der Waals surface area contributed by atoms with E-state index in [9.17, 15) is 45.6 Å². The van der Waals surface area contributed by atoms with Gasteiger partial charge in [-0.15, -0.1) is 6.58 Å². The molecule has 12 nitrogen and oxygen atoms in total. The van der Waals surface area contributed by atoms with E-state index in [1.54, 1.807) is 20.8 Å². The summed E-state index contributed by atoms with van der Waals surface area (Å²) in [5.74, 6) is -4.05. The molecule has 4 fully saturated rings. The highest BCUT2D eigenvalue weighted by Gasteiger charge is 2.92. The Hall–Kier alpha value is -3.17. The van der Waals surface area contributed by atoms with Crippen molar-refractivity contribution < 1.29 is 45.6 Å². The van der Waals surface area contributed by atoms with Crippen LogP contribution in [-0.4, -0.2) is 84.8 Å². The summed E-state index contributed by atoms with van der Waals surface area (Å²) in [5.41, 5.74) is -4.81. The Morgan fingerprint density at radius 3 is 2.10 bits per heavy atom. The molecule has 5 amide bonds. The highest BCUT2D eigenvalue weighted by atomic mass is 32.2. The van der Waals surface area contributed by atoms with Crippen LogP contribution >= 0.6 is 0 Å². The zero-order valence-electron chi connectivity index (χ0n) is 31.2. The number of carbonyl (C=O) groups is 5. The van der Waals surface area contributed by atoms with Gasteiger partial charge in [0.05, 0.1) is 22.6 Å². The fourth-order valence-corrected chi connectivity index (χ4v) is 12.0. The molecule has 5 N–H and O–H groups in total. The van der Waals surface area contributed by atoms with Gasteiger partial charge in [0.25, 0.3) is 5.91 Å². The van der Waals surface area contributed by atoms with E-state index in [4.69, 9.17) is 0 Å². The van der Waals surface area contributed by atoms with Gasteiger partial charge in [-0.25, -0.2) is 13.2 Å². The van der Waals surface area contributed by atoms with Crippen molar-refractivity contribution in [3.05, 3.63) is 12.7 Å². The fourth-order valence-electron chi connectivity index (χ4n) is 9.63. The van der Waals surface area contributed by atoms with E-state index in [1.807, 2.05) is 20.8 Å². The predicted molar refractivity (Wildman–Crippen MR) is 188 cm³/mol. The van der Waals surface area contributed by atoms with Crippen LogP contribution in [0.3, 0.4) is 0 Å². The minimum absolute atomic E-state index is 0.0545. The van der Waals surface area contributed by atoms with Crippen molar-refractivity contribution in [1.82, 2.24) is 26.6 Å². The number of sulfone groups is 1. The number of Topliss-reactive ketones (excluding diaryl/α,β-unsaturated/α-hetero) is 1. The first-order valence-corrected chi connectivity index (χ1v) is 20.1. The molecule has 3 aliphatic carbocycles. The summed E-state index contributed by atoms with van der Waals surface area (Å²) in [5, 5.41) is 12.5. The molecule has 0 radical (unpaired) electrons. The van der Waals surface area contributed by atoms with Crippen molar-refractivity contribution in [2.75, 3.05) is 12.3 Å². The van der Waals surface area contributed by atoms with Crippen LogP contribution in [-0.2, 0) is 29.0 Å². The first-order chi connectivity index (χ1) is 23.9. The summed E-state index contributed by atoms with van der Waals surface area (Å²) < 4.78 is 66.0. The lowest BCUT2D eigenvalue weighted by Gasteiger charge is -2.43. The van der Waals surface area contributed by atoms with Gasteiger partial charge in [-0.3, -0.25) is 19.2 Å². The first-order valence-electron chi connectivity index (χ1n) is 18.4. The number of rotatable bonds is 14. The van der Waals surface area contributed by atoms with Gasteiger partial charge in [-0.05, 0) is 55.3 Å². The fraction of sp³-hybridized carbons (Fsp3) is 0.806. The third kappa shape index (κ3) is 7.87. The Labute approximate surface area is 304 Å². The van der Waals surface area contributed by atoms with E-state index in [1.165, 1.54) is 6.08 Å². The van der Waals surface area contributed by atoms with Crippen LogP contribution in [0.15, 0.2) is 12.7 Å². The van der Waals surface area contributed by atoms with Crippen LogP contribution in [0.1, 0.15) is 112 Å². The molecule has 0 aromatic heterocycles. The smallest absolute Gasteiger partial charge is 0.346 e. The second-order valence-electron chi connectivity index (χ2n) is 16.9. The minimum Gasteiger partial charge on any atom is -0.346 e. The normalized spacial score (nSPS) is 29.6. The zero-order chi connectivity index (χ0) is 39.1. The van der Waals surface area contributed by atoms with E-state index in [2.05, 4.69) is 33.2 Å². The van der Waals surface area contributed by atoms with Crippen molar-refractivity contribution in [1.29, 1.82) is 0 Å². The molecule has 1 aliphatic heterocycles. The van der Waals surface area contributed by atoms with Gasteiger partial charge >= 0.3 is 12.2 Å². The number of hydrogen-bond acceptors (Lipinski definition) is 7. The van der Waals surface area contributed by atoms with Crippen molar-refractivity contribution >= 4 is 39.4 Å². The number of alkyl halides is 3. The van der Waals surface area contributed by atoms with Gasteiger partial charge in [0.2, 0.25) is 17.6 Å². The standard InChI is InChI=1S/C36H56F3N5O7S/c1-8-19-40-27(46)25(45)22(15-18-36(37,38)39)41-29(48)35(21-34(35)23(9-2)32(34,6)7)43-28(47)26(31(3,4)5)42-30(49)44-33(16-11-10-12-17-33)24-14-13-20-52(24,50)51/h8,22-24,26H,1,9-21H2,2-7H3,(H,40,46)(H,41,48)(H,43,47)(H2,42,44,49)/t22?,23?,24?,26-,34?,35?/m1/s1. The third-order valence-corrected chi connectivity index (χ3v) is 14.7. The molecule has 0 aromatic carbocycles. The molecule has 16 heteroatoms. The lowest BCUT2D eigenvalue weighted by Crippen LogP contribution is -2.65. The highest BCUT2D eigenvalue weighted by Crippen LogP contribution is 2.87. The average Bonchev–Trinajstić information content (AvgIpc) is 3.76. The molecular weight excluding hydrogens is 703 g/mol. The monoisotopic (exact) mass is 759 g/mol. The number of nitrogens with one attached hydrogen (secondary N) is 5. The van der Waals surface area contributed by atoms with Crippen LogP contribution < -0.4 is 26.6 Å². The van der Waals surface area contributed by atoms with Crippen molar-refractivity contribution in [3.8, 4) is 0 Å². The van der Waals surface area contributed by atoms with Gasteiger partial charge < -0.3 is 26.6 Å². The van der Waals surface area contributed by atoms with E-state index < -0.39 is 103 Å². The van der Waals surface area contributed by atoms with E-state index in [0.717, 1.165) is 19.3 Å². The summed E-state index contributed by atoms with van der Waals surface area (Å²) in [6.07, 6.45) is -0.652. The van der Waals surface area contributed by atoms with E-state index in [-0.39, 0.29) is 24.6 Å². The average molecular weight is 760 g/mol. The van der Waals surface area contributed by atoms with Crippen LogP contribution in [0.4, 0.5) is 18.0 Å². The molecule has 5 unspecified atom stereocenters.